The fourth-order valence-corrected chi connectivity index (χ4v) is 10.7. The number of esters is 1. The molecule has 1 rings (SSSR count). The van der Waals surface area contributed by atoms with Gasteiger partial charge in [0.25, 0.3) is 0 Å². The molecule has 0 radical (unpaired) electrons. The average molecular weight is 1120 g/mol. The van der Waals surface area contributed by atoms with E-state index in [2.05, 4.69) is 50.4 Å². The van der Waals surface area contributed by atoms with Gasteiger partial charge in [0.1, 0.15) is 24.4 Å². The molecular weight excluding hydrogens is 991 g/mol. The fourth-order valence-electron chi connectivity index (χ4n) is 10.7. The van der Waals surface area contributed by atoms with Gasteiger partial charge in [0.05, 0.1) is 25.4 Å². The van der Waals surface area contributed by atoms with Crippen LogP contribution >= 0.6 is 0 Å². The second-order valence-electron chi connectivity index (χ2n) is 23.6. The Hall–Kier alpha value is -2.12. The quantitative estimate of drug-likeness (QED) is 0.0195. The molecular formula is C68H127NO10. The minimum absolute atomic E-state index is 0.128. The number of unbranched alkanes of at least 4 members (excludes halogenated alkanes) is 40. The zero-order chi connectivity index (χ0) is 57.5. The Kier molecular flexibility index (Phi) is 53.4. The molecule has 0 spiro atoms. The monoisotopic (exact) mass is 1120 g/mol. The summed E-state index contributed by atoms with van der Waals surface area (Å²) in [5.41, 5.74) is 0. The predicted molar refractivity (Wildman–Crippen MR) is 329 cm³/mol. The second-order valence-corrected chi connectivity index (χ2v) is 23.6. The third-order valence-corrected chi connectivity index (χ3v) is 16.0. The van der Waals surface area contributed by atoms with Gasteiger partial charge in [-0.1, -0.05) is 295 Å². The van der Waals surface area contributed by atoms with Crippen LogP contribution in [0.3, 0.4) is 0 Å². The van der Waals surface area contributed by atoms with E-state index in [0.717, 1.165) is 83.5 Å². The first-order chi connectivity index (χ1) is 38.7. The highest BCUT2D eigenvalue weighted by molar-refractivity contribution is 5.80. The van der Waals surface area contributed by atoms with Crippen molar-refractivity contribution in [3.05, 3.63) is 36.5 Å². The number of amides is 1. The van der Waals surface area contributed by atoms with Crippen molar-refractivity contribution in [3.8, 4) is 0 Å². The summed E-state index contributed by atoms with van der Waals surface area (Å²) in [5.74, 6) is -1.19. The smallest absolute Gasteiger partial charge is 0.306 e. The Morgan fingerprint density at radius 1 is 0.494 bits per heavy atom. The Morgan fingerprint density at radius 3 is 1.32 bits per heavy atom. The Morgan fingerprint density at radius 2 is 0.873 bits per heavy atom. The first-order valence-electron chi connectivity index (χ1n) is 33.8. The predicted octanol–water partition coefficient (Wildman–Crippen LogP) is 16.6. The van der Waals surface area contributed by atoms with E-state index in [1.807, 2.05) is 6.08 Å². The van der Waals surface area contributed by atoms with Gasteiger partial charge in [0.15, 0.2) is 12.4 Å². The molecule has 1 aliphatic heterocycles. The highest BCUT2D eigenvalue weighted by atomic mass is 16.7. The van der Waals surface area contributed by atoms with Crippen molar-refractivity contribution in [2.24, 2.45) is 0 Å². The highest BCUT2D eigenvalue weighted by Gasteiger charge is 2.47. The molecule has 0 aliphatic carbocycles. The van der Waals surface area contributed by atoms with Crippen molar-refractivity contribution in [1.29, 1.82) is 0 Å². The van der Waals surface area contributed by atoms with Gasteiger partial charge in [0, 0.05) is 6.42 Å². The van der Waals surface area contributed by atoms with E-state index in [0.29, 0.717) is 12.8 Å². The maximum absolute atomic E-state index is 13.4. The summed E-state index contributed by atoms with van der Waals surface area (Å²) >= 11 is 0. The molecule has 0 aromatic rings. The topological polar surface area (TPSA) is 175 Å². The van der Waals surface area contributed by atoms with Crippen LogP contribution in [0.25, 0.3) is 0 Å². The SMILES string of the molecule is CCCCC/C=C\C/C=C\CCCCCCCCC(O)C(=O)NC(COC1OC(CO)C(O)C(O)C1OC(=O)CCCCCCCCCCCCCCCCCCCCCCCCC)C(O)/C=C/CCCCCCCCCCC. The fraction of sp³-hybridized carbons (Fsp3) is 0.882. The third-order valence-electron chi connectivity index (χ3n) is 16.0. The van der Waals surface area contributed by atoms with E-state index in [4.69, 9.17) is 14.2 Å². The molecule has 1 saturated heterocycles. The van der Waals surface area contributed by atoms with Crippen LogP contribution in [0.15, 0.2) is 36.5 Å². The van der Waals surface area contributed by atoms with Gasteiger partial charge in [-0.05, 0) is 57.8 Å². The maximum Gasteiger partial charge on any atom is 0.306 e. The second kappa shape index (κ2) is 56.4. The third kappa shape index (κ3) is 44.1. The number of aliphatic hydroxyl groups is 5. The lowest BCUT2D eigenvalue weighted by Crippen LogP contribution is -2.61. The van der Waals surface area contributed by atoms with E-state index in [1.54, 1.807) is 6.08 Å². The van der Waals surface area contributed by atoms with Gasteiger partial charge in [-0.25, -0.2) is 0 Å². The summed E-state index contributed by atoms with van der Waals surface area (Å²) in [6, 6.07) is -1.03. The standard InChI is InChI=1S/C68H127NO10/c1-4-7-10-13-16-19-22-24-26-28-29-30-31-32-33-34-36-38-41-44-47-50-53-56-63(73)79-66-65(75)64(74)62(57-70)78-68(66)77-58-59(60(71)54-51-48-45-42-39-21-18-15-12-9-6-3)69-67(76)61(72)55-52-49-46-43-40-37-35-27-25-23-20-17-14-11-8-5-2/h17,20,25,27,51,54,59-62,64-66,68,70-72,74-75H,4-16,18-19,21-24,26,28-50,52-53,55-58H2,1-3H3,(H,69,76)/b20-17-,27-25-,54-51+. The maximum atomic E-state index is 13.4. The molecule has 0 saturated carbocycles. The average Bonchev–Trinajstić information content (AvgIpc) is 3.45. The van der Waals surface area contributed by atoms with Crippen LogP contribution in [0.5, 0.6) is 0 Å². The molecule has 0 aromatic heterocycles. The number of rotatable bonds is 58. The minimum Gasteiger partial charge on any atom is -0.454 e. The molecule has 1 fully saturated rings. The molecule has 1 aliphatic rings. The molecule has 11 heteroatoms. The molecule has 1 amide bonds. The van der Waals surface area contributed by atoms with E-state index in [9.17, 15) is 35.1 Å². The summed E-state index contributed by atoms with van der Waals surface area (Å²) < 4.78 is 17.7. The molecule has 79 heavy (non-hydrogen) atoms. The largest absolute Gasteiger partial charge is 0.454 e. The van der Waals surface area contributed by atoms with E-state index in [-0.39, 0.29) is 19.4 Å². The lowest BCUT2D eigenvalue weighted by molar-refractivity contribution is -0.305. The minimum atomic E-state index is -1.61. The molecule has 464 valence electrons. The van der Waals surface area contributed by atoms with Crippen molar-refractivity contribution in [1.82, 2.24) is 5.32 Å². The molecule has 11 nitrogen and oxygen atoms in total. The molecule has 1 heterocycles. The molecule has 8 unspecified atom stereocenters. The Balaban J connectivity index is 2.57. The van der Waals surface area contributed by atoms with Crippen molar-refractivity contribution in [2.45, 2.75) is 372 Å². The van der Waals surface area contributed by atoms with Crippen molar-refractivity contribution < 1.29 is 49.3 Å². The van der Waals surface area contributed by atoms with E-state index >= 15 is 0 Å². The van der Waals surface area contributed by atoms with Gasteiger partial charge in [0.2, 0.25) is 5.91 Å². The normalized spacial score (nSPS) is 19.0. The van der Waals surface area contributed by atoms with Crippen LogP contribution in [0.4, 0.5) is 0 Å². The van der Waals surface area contributed by atoms with Crippen molar-refractivity contribution >= 4 is 11.9 Å². The summed E-state index contributed by atoms with van der Waals surface area (Å²) in [5, 5.41) is 57.1. The van der Waals surface area contributed by atoms with Gasteiger partial charge in [-0.3, -0.25) is 9.59 Å². The summed E-state index contributed by atoms with van der Waals surface area (Å²) in [7, 11) is 0. The first kappa shape index (κ1) is 74.9. The number of ether oxygens (including phenoxy) is 3. The highest BCUT2D eigenvalue weighted by Crippen LogP contribution is 2.26. The van der Waals surface area contributed by atoms with Crippen LogP contribution in [0, 0.1) is 0 Å². The van der Waals surface area contributed by atoms with Crippen LogP contribution < -0.4 is 5.32 Å². The van der Waals surface area contributed by atoms with E-state index in [1.165, 1.54) is 193 Å². The first-order valence-corrected chi connectivity index (χ1v) is 33.8. The number of hydrogen-bond acceptors (Lipinski definition) is 10. The lowest BCUT2D eigenvalue weighted by atomic mass is 9.99. The summed E-state index contributed by atoms with van der Waals surface area (Å²) in [6.45, 7) is 5.79. The summed E-state index contributed by atoms with van der Waals surface area (Å²) in [4.78, 5) is 26.6. The molecule has 0 bridgehead atoms. The van der Waals surface area contributed by atoms with Crippen LogP contribution in [0.2, 0.25) is 0 Å². The van der Waals surface area contributed by atoms with Gasteiger partial charge < -0.3 is 45.1 Å². The van der Waals surface area contributed by atoms with Gasteiger partial charge in [-0.15, -0.1) is 0 Å². The number of carbonyl (C=O) groups excluding carboxylic acids is 2. The van der Waals surface area contributed by atoms with Gasteiger partial charge >= 0.3 is 5.97 Å². The Bertz CT molecular complexity index is 1420. The van der Waals surface area contributed by atoms with E-state index < -0.39 is 67.4 Å². The van der Waals surface area contributed by atoms with Crippen molar-refractivity contribution in [3.63, 3.8) is 0 Å². The van der Waals surface area contributed by atoms with Crippen LogP contribution in [-0.4, -0.2) is 99.6 Å². The number of aliphatic hydroxyl groups excluding tert-OH is 5. The number of nitrogens with one attached hydrogen (secondary N) is 1. The van der Waals surface area contributed by atoms with Crippen LogP contribution in [-0.2, 0) is 23.8 Å². The van der Waals surface area contributed by atoms with Gasteiger partial charge in [-0.2, -0.15) is 0 Å². The number of allylic oxidation sites excluding steroid dienone is 5. The summed E-state index contributed by atoms with van der Waals surface area (Å²) in [6.07, 6.45) is 57.6. The number of hydrogen-bond donors (Lipinski definition) is 6. The molecule has 6 N–H and O–H groups in total. The Labute approximate surface area is 485 Å². The zero-order valence-corrected chi connectivity index (χ0v) is 51.5. The molecule has 0 aromatic carbocycles. The number of carbonyl (C=O) groups is 2. The van der Waals surface area contributed by atoms with Crippen molar-refractivity contribution in [2.75, 3.05) is 13.2 Å². The van der Waals surface area contributed by atoms with Crippen LogP contribution in [0.1, 0.15) is 323 Å². The zero-order valence-electron chi connectivity index (χ0n) is 51.5. The molecule has 8 atom stereocenters. The lowest BCUT2D eigenvalue weighted by Gasteiger charge is -2.41.